The van der Waals surface area contributed by atoms with Gasteiger partial charge in [0.15, 0.2) is 6.29 Å². The molecule has 6 heteroatoms. The van der Waals surface area contributed by atoms with Gasteiger partial charge in [0.2, 0.25) is 0 Å². The summed E-state index contributed by atoms with van der Waals surface area (Å²) in [5, 5.41) is 19.2. The quantitative estimate of drug-likeness (QED) is 0.259. The molecule has 1 aromatic carbocycles. The van der Waals surface area contributed by atoms with E-state index in [1.807, 2.05) is 0 Å². The predicted molar refractivity (Wildman–Crippen MR) is 41.3 cm³/mol. The Morgan fingerprint density at radius 1 is 1.54 bits per heavy atom. The Labute approximate surface area is 97.3 Å². The molecule has 0 amide bonds. The largest absolute Gasteiger partial charge is 1.00 e. The van der Waals surface area contributed by atoms with E-state index in [2.05, 4.69) is 0 Å². The van der Waals surface area contributed by atoms with Crippen LogP contribution in [0.1, 0.15) is 11.8 Å². The first-order chi connectivity index (χ1) is 5.65. The molecule has 0 saturated heterocycles. The molecule has 0 unspecified atom stereocenters. The third-order valence-corrected chi connectivity index (χ3v) is 1.35. The van der Waals surface area contributed by atoms with E-state index >= 15 is 0 Å². The van der Waals surface area contributed by atoms with E-state index < -0.39 is 4.92 Å². The molecule has 13 heavy (non-hydrogen) atoms. The van der Waals surface area contributed by atoms with Gasteiger partial charge in [-0.25, -0.2) is 0 Å². The average Bonchev–Trinajstić information content (AvgIpc) is 2.05. The fourth-order valence-electron chi connectivity index (χ4n) is 0.750. The first-order valence-electron chi connectivity index (χ1n) is 3.07. The first kappa shape index (κ1) is 12.1. The van der Waals surface area contributed by atoms with Gasteiger partial charge in [0, 0.05) is 12.1 Å². The Balaban J connectivity index is 0. The fourth-order valence-corrected chi connectivity index (χ4v) is 0.750. The smallest absolute Gasteiger partial charge is 1.00 e. The summed E-state index contributed by atoms with van der Waals surface area (Å²) in [5.41, 5.74) is -0.292. The number of nitro groups is 1. The van der Waals surface area contributed by atoms with Crippen molar-refractivity contribution in [3.8, 4) is 5.75 Å². The molecule has 64 valence electrons. The van der Waals surface area contributed by atoms with Crippen molar-refractivity contribution in [1.29, 1.82) is 0 Å². The minimum absolute atomic E-state index is 0. The number of carbonyl (C=O) groups excluding carboxylic acids is 1. The van der Waals surface area contributed by atoms with Crippen molar-refractivity contribution in [1.82, 2.24) is 0 Å². The second-order valence-electron chi connectivity index (χ2n) is 2.12. The molecule has 0 aliphatic rings. The fraction of sp³-hybridized carbons (Fsp3) is 0. The van der Waals surface area contributed by atoms with E-state index in [1.165, 1.54) is 0 Å². The maximum Gasteiger partial charge on any atom is 1.00 e. The Morgan fingerprint density at radius 3 is 2.62 bits per heavy atom. The maximum absolute atomic E-state index is 10.2. The molecule has 0 bridgehead atoms. The molecule has 0 fully saturated rings. The van der Waals surface area contributed by atoms with Gasteiger partial charge in [0.25, 0.3) is 5.69 Å². The van der Waals surface area contributed by atoms with Gasteiger partial charge in [-0.2, -0.15) is 0 Å². The van der Waals surface area contributed by atoms with Gasteiger partial charge < -0.3 is 6.53 Å². The Bertz CT molecular complexity index is 344. The van der Waals surface area contributed by atoms with E-state index in [1.54, 1.807) is 0 Å². The van der Waals surface area contributed by atoms with Crippen LogP contribution < -0.4 is 29.6 Å². The van der Waals surface area contributed by atoms with Crippen molar-refractivity contribution in [3.05, 3.63) is 33.9 Å². The van der Waals surface area contributed by atoms with E-state index in [4.69, 9.17) is 5.11 Å². The van der Waals surface area contributed by atoms with Crippen LogP contribution in [-0.4, -0.2) is 16.3 Å². The monoisotopic (exact) mass is 191 g/mol. The van der Waals surface area contributed by atoms with Crippen molar-refractivity contribution in [2.75, 3.05) is 0 Å². The second kappa shape index (κ2) is 4.96. The summed E-state index contributed by atoms with van der Waals surface area (Å²) in [6.45, 7) is 0. The van der Waals surface area contributed by atoms with Crippen LogP contribution >= 0.6 is 0 Å². The molecule has 0 aliphatic carbocycles. The van der Waals surface area contributed by atoms with Gasteiger partial charge in [0.05, 0.1) is 10.5 Å². The third kappa shape index (κ3) is 2.80. The summed E-state index contributed by atoms with van der Waals surface area (Å²) >= 11 is 0. The van der Waals surface area contributed by atoms with E-state index in [-0.39, 0.29) is 48.0 Å². The summed E-state index contributed by atoms with van der Waals surface area (Å²) in [6, 6.07) is 3.26. The zero-order valence-electron chi connectivity index (χ0n) is 7.93. The average molecular weight is 191 g/mol. The Morgan fingerprint density at radius 2 is 2.15 bits per heavy atom. The molecule has 0 aliphatic heterocycles. The number of aromatic hydroxyl groups is 1. The molecule has 1 N–H and O–H groups in total. The Kier molecular flexibility index (Phi) is 4.61. The molecule has 5 nitrogen and oxygen atoms in total. The summed E-state index contributed by atoms with van der Waals surface area (Å²) in [5.74, 6) is -0.254. The van der Waals surface area contributed by atoms with Crippen molar-refractivity contribution in [3.63, 3.8) is 0 Å². The SMILES string of the molecule is O=Cc1cc([N+](=O)[O-])ccc1O.[H-].[Na+]. The van der Waals surface area contributed by atoms with Crippen molar-refractivity contribution in [2.24, 2.45) is 0 Å². The number of phenolic OH excluding ortho intramolecular Hbond substituents is 1. The van der Waals surface area contributed by atoms with Crippen LogP contribution in [-0.2, 0) is 0 Å². The summed E-state index contributed by atoms with van der Waals surface area (Å²) in [7, 11) is 0. The van der Waals surface area contributed by atoms with Gasteiger partial charge in [0.1, 0.15) is 5.75 Å². The number of nitrogens with zero attached hydrogens (tertiary/aromatic N) is 1. The number of phenols is 1. The predicted octanol–water partition coefficient (Wildman–Crippen LogP) is -1.77. The number of rotatable bonds is 2. The second-order valence-corrected chi connectivity index (χ2v) is 2.12. The summed E-state index contributed by atoms with van der Waals surface area (Å²) in [6.07, 6.45) is 0.363. The number of hydrogen-bond donors (Lipinski definition) is 1. The van der Waals surface area contributed by atoms with E-state index in [9.17, 15) is 14.9 Å². The normalized spacial score (nSPS) is 8.62. The van der Waals surface area contributed by atoms with Crippen LogP contribution in [0.15, 0.2) is 18.2 Å². The molecular formula is C7H6NNaO4. The molecule has 0 radical (unpaired) electrons. The van der Waals surface area contributed by atoms with Gasteiger partial charge in [-0.1, -0.05) is 0 Å². The third-order valence-electron chi connectivity index (χ3n) is 1.35. The summed E-state index contributed by atoms with van der Waals surface area (Å²) in [4.78, 5) is 19.8. The van der Waals surface area contributed by atoms with Crippen LogP contribution in [0.5, 0.6) is 5.75 Å². The number of benzene rings is 1. The first-order valence-corrected chi connectivity index (χ1v) is 3.07. The number of nitro benzene ring substituents is 1. The number of non-ortho nitro benzene ring substituents is 1. The molecule has 0 aromatic heterocycles. The standard InChI is InChI=1S/C7H5NO4.Na.H/c9-4-5-3-6(8(11)12)1-2-7(5)10;;/h1-4,10H;;/q;+1;-1. The molecule has 0 spiro atoms. The van der Waals surface area contributed by atoms with Gasteiger partial charge in [-0.15, -0.1) is 0 Å². The molecular weight excluding hydrogens is 185 g/mol. The van der Waals surface area contributed by atoms with Crippen LogP contribution in [0.3, 0.4) is 0 Å². The zero-order valence-corrected chi connectivity index (χ0v) is 8.93. The van der Waals surface area contributed by atoms with Crippen molar-refractivity contribution < 1.29 is 45.8 Å². The number of hydrogen-bond acceptors (Lipinski definition) is 4. The minimum atomic E-state index is -0.633. The number of carbonyl (C=O) groups is 1. The van der Waals surface area contributed by atoms with Crippen LogP contribution in [0.2, 0.25) is 0 Å². The number of aldehydes is 1. The molecule has 0 atom stereocenters. The summed E-state index contributed by atoms with van der Waals surface area (Å²) < 4.78 is 0. The zero-order chi connectivity index (χ0) is 9.14. The topological polar surface area (TPSA) is 80.4 Å². The minimum Gasteiger partial charge on any atom is -1.00 e. The molecule has 0 heterocycles. The van der Waals surface area contributed by atoms with Crippen molar-refractivity contribution >= 4 is 12.0 Å². The van der Waals surface area contributed by atoms with Crippen LogP contribution in [0.4, 0.5) is 5.69 Å². The van der Waals surface area contributed by atoms with Crippen molar-refractivity contribution in [2.45, 2.75) is 0 Å². The molecule has 0 saturated carbocycles. The van der Waals surface area contributed by atoms with Crippen LogP contribution in [0, 0.1) is 10.1 Å². The van der Waals surface area contributed by atoms with Gasteiger partial charge >= 0.3 is 29.6 Å². The van der Waals surface area contributed by atoms with Gasteiger partial charge in [-0.05, 0) is 6.07 Å². The van der Waals surface area contributed by atoms with E-state index in [0.717, 1.165) is 18.2 Å². The Hall–Kier alpha value is -0.910. The van der Waals surface area contributed by atoms with E-state index in [0.29, 0.717) is 6.29 Å². The maximum atomic E-state index is 10.2. The van der Waals surface area contributed by atoms with Crippen LogP contribution in [0.25, 0.3) is 0 Å². The van der Waals surface area contributed by atoms with Gasteiger partial charge in [-0.3, -0.25) is 14.9 Å². The molecule has 1 rings (SSSR count). The molecule has 1 aromatic rings.